The molecule has 13 aromatic carbocycles. The normalized spacial score (nSPS) is 12.5. The molecule has 0 fully saturated rings. The van der Waals surface area contributed by atoms with E-state index in [0.29, 0.717) is 0 Å². The topological polar surface area (TPSA) is 8.82 Å². The number of nitrogens with zero attached hydrogens (tertiary/aromatic N) is 2. The summed E-state index contributed by atoms with van der Waals surface area (Å²) < 4.78 is 26.1. The first kappa shape index (κ1) is 49.2. The van der Waals surface area contributed by atoms with Gasteiger partial charge in [-0.15, -0.1) is 90.7 Å². The first-order chi connectivity index (χ1) is 43.5. The van der Waals surface area contributed by atoms with Gasteiger partial charge in [-0.3, -0.25) is 0 Å². The van der Waals surface area contributed by atoms with Crippen molar-refractivity contribution in [2.24, 2.45) is 0 Å². The van der Waals surface area contributed by atoms with Gasteiger partial charge in [0.25, 0.3) is 0 Å². The second-order valence-electron chi connectivity index (χ2n) is 23.1. The van der Waals surface area contributed by atoms with Gasteiger partial charge in [0.05, 0.1) is 70.7 Å². The Hall–Kier alpha value is -8.78. The van der Waals surface area contributed by atoms with Gasteiger partial charge in [0, 0.05) is 80.7 Å². The molecule has 0 bridgehead atoms. The average Bonchev–Trinajstić information content (AvgIpc) is 0.961. The van der Waals surface area contributed by atoms with E-state index < -0.39 is 0 Å². The van der Waals surface area contributed by atoms with Gasteiger partial charge in [0.1, 0.15) is 0 Å². The van der Waals surface area contributed by atoms with Crippen molar-refractivity contribution in [3.8, 4) is 44.5 Å². The van der Waals surface area contributed by atoms with Gasteiger partial charge in [-0.2, -0.15) is 0 Å². The molecule has 21 rings (SSSR count). The maximum atomic E-state index is 2.64. The fraction of sp³-hybridized carbons (Fsp3) is 0. The Labute approximate surface area is 533 Å². The van der Waals surface area contributed by atoms with Gasteiger partial charge in [-0.05, 0) is 166 Å². The molecule has 0 unspecified atom stereocenters. The zero-order valence-corrected chi connectivity index (χ0v) is 52.8. The summed E-state index contributed by atoms with van der Waals surface area (Å²) >= 11 is 15.4. The van der Waals surface area contributed by atoms with Crippen molar-refractivity contribution in [1.82, 2.24) is 8.80 Å². The van der Waals surface area contributed by atoms with Gasteiger partial charge in [0.15, 0.2) is 0 Å². The summed E-state index contributed by atoms with van der Waals surface area (Å²) in [6, 6.07) is 92.7. The van der Waals surface area contributed by atoms with Crippen LogP contribution in [0.2, 0.25) is 0 Å². The van der Waals surface area contributed by atoms with Gasteiger partial charge in [-0.1, -0.05) is 121 Å². The molecule has 0 aliphatic carbocycles. The zero-order valence-electron chi connectivity index (χ0n) is 46.3. The van der Waals surface area contributed by atoms with Crippen molar-refractivity contribution in [1.29, 1.82) is 0 Å². The lowest BCUT2D eigenvalue weighted by Crippen LogP contribution is -1.99. The molecule has 0 spiro atoms. The van der Waals surface area contributed by atoms with Crippen LogP contribution in [0, 0.1) is 0 Å². The Balaban J connectivity index is 0.873. The van der Waals surface area contributed by atoms with Crippen molar-refractivity contribution in [2.45, 2.75) is 0 Å². The van der Waals surface area contributed by atoms with Crippen LogP contribution >= 0.6 is 90.7 Å². The minimum Gasteiger partial charge on any atom is -0.305 e. The Morgan fingerprint density at radius 1 is 0.170 bits per heavy atom. The van der Waals surface area contributed by atoms with Crippen LogP contribution in [-0.4, -0.2) is 8.80 Å². The van der Waals surface area contributed by atoms with Crippen LogP contribution in [0.25, 0.3) is 196 Å². The van der Waals surface area contributed by atoms with E-state index in [9.17, 15) is 0 Å². The molecular formula is C78H40N2S8. The standard InChI is InChI=1S/C78H40N2S8/c1-5-13-61-49(9-1)53-33-41(21-29-65(53)81-61)45-17-25-57-69(37-45)85-75-73-77(87-70-38-46(18-26-58(70)79(57)73)42-22-30-66-54(34-42)50-10-2-6-14-62(50)82-66)78-74-76(75)86-71-39-47(43-23-31-67-55(35-43)51-11-3-7-15-63(51)83-67)19-27-59(71)80(74)60-28-20-48(40-72(60)88-78)44-24-32-68-56(36-44)52-12-4-8-16-64(52)84-68/h1-40H. The third kappa shape index (κ3) is 7.11. The molecule has 0 atom stereocenters. The summed E-state index contributed by atoms with van der Waals surface area (Å²) in [6.45, 7) is 0. The second kappa shape index (κ2) is 18.4. The Morgan fingerprint density at radius 2 is 0.386 bits per heavy atom. The van der Waals surface area contributed by atoms with Crippen molar-refractivity contribution >= 4 is 242 Å². The smallest absolute Gasteiger partial charge is 0.0838 e. The van der Waals surface area contributed by atoms with Crippen LogP contribution in [0.1, 0.15) is 0 Å². The summed E-state index contributed by atoms with van der Waals surface area (Å²) in [6.07, 6.45) is 0. The summed E-state index contributed by atoms with van der Waals surface area (Å²) in [5.74, 6) is 0. The SMILES string of the molecule is c1ccc2c(c1)sc1ccc(-c3ccc4c(c3)sc3c5sc6cc(-c7ccc8sc9ccccc9c8c7)ccc6n6c7ccc(-c8ccc9sc%10ccccc%10c9c8)cc7sc(c7sc8cc(-c9ccc%10sc%11ccccc%11c%10c9)ccc8n4c37)c56)cc12. The molecule has 0 N–H and O–H groups in total. The molecule has 88 heavy (non-hydrogen) atoms. The number of thiophene rings is 4. The summed E-state index contributed by atoms with van der Waals surface area (Å²) in [5, 5.41) is 10.6. The summed E-state index contributed by atoms with van der Waals surface area (Å²) in [4.78, 5) is 0. The van der Waals surface area contributed by atoms with Crippen LogP contribution in [0.15, 0.2) is 243 Å². The van der Waals surface area contributed by atoms with E-state index >= 15 is 0 Å². The fourth-order valence-corrected chi connectivity index (χ4v) is 23.6. The van der Waals surface area contributed by atoms with E-state index in [4.69, 9.17) is 0 Å². The van der Waals surface area contributed by atoms with Crippen LogP contribution in [0.3, 0.4) is 0 Å². The van der Waals surface area contributed by atoms with Crippen molar-refractivity contribution < 1.29 is 0 Å². The molecule has 10 heteroatoms. The number of rotatable bonds is 4. The van der Waals surface area contributed by atoms with E-state index in [0.717, 1.165) is 0 Å². The molecule has 8 heterocycles. The third-order valence-electron chi connectivity index (χ3n) is 18.2. The van der Waals surface area contributed by atoms with E-state index in [1.807, 2.05) is 90.7 Å². The van der Waals surface area contributed by atoms with Crippen LogP contribution in [-0.2, 0) is 0 Å². The van der Waals surface area contributed by atoms with Crippen molar-refractivity contribution in [3.63, 3.8) is 0 Å². The zero-order chi connectivity index (χ0) is 57.0. The van der Waals surface area contributed by atoms with Crippen LogP contribution < -0.4 is 0 Å². The van der Waals surface area contributed by atoms with Gasteiger partial charge < -0.3 is 8.80 Å². The predicted molar refractivity (Wildman–Crippen MR) is 396 cm³/mol. The Kier molecular flexibility index (Phi) is 10.3. The number of aromatic nitrogens is 2. The highest BCUT2D eigenvalue weighted by Gasteiger charge is 2.24. The molecule has 0 aliphatic heterocycles. The molecule has 0 saturated heterocycles. The molecule has 0 radical (unpaired) electrons. The van der Waals surface area contributed by atoms with E-state index in [1.165, 1.54) is 196 Å². The van der Waals surface area contributed by atoms with Gasteiger partial charge in [-0.25, -0.2) is 0 Å². The molecule has 8 aromatic heterocycles. The van der Waals surface area contributed by atoms with E-state index in [1.54, 1.807) is 0 Å². The van der Waals surface area contributed by atoms with Gasteiger partial charge in [0.2, 0.25) is 0 Å². The molecule has 21 aromatic rings. The van der Waals surface area contributed by atoms with Crippen molar-refractivity contribution in [2.75, 3.05) is 0 Å². The summed E-state index contributed by atoms with van der Waals surface area (Å²) in [7, 11) is 0. The van der Waals surface area contributed by atoms with E-state index in [2.05, 4.69) is 251 Å². The maximum absolute atomic E-state index is 2.64. The van der Waals surface area contributed by atoms with Gasteiger partial charge >= 0.3 is 0 Å². The molecule has 0 amide bonds. The molecule has 0 saturated carbocycles. The minimum atomic E-state index is 1.22. The Bertz CT molecular complexity index is 5910. The number of fused-ring (bicyclic) bond motifs is 22. The Morgan fingerprint density at radius 3 is 0.648 bits per heavy atom. The monoisotopic (exact) mass is 1260 g/mol. The highest BCUT2D eigenvalue weighted by Crippen LogP contribution is 2.52. The molecular weight excluding hydrogens is 1220 g/mol. The predicted octanol–water partition coefficient (Wildman–Crippen LogP) is 26.6. The number of hydrogen-bond donors (Lipinski definition) is 0. The fourth-order valence-electron chi connectivity index (χ4n) is 14.1. The molecule has 2 nitrogen and oxygen atoms in total. The highest BCUT2D eigenvalue weighted by atomic mass is 32.1. The maximum Gasteiger partial charge on any atom is 0.0838 e. The van der Waals surface area contributed by atoms with Crippen molar-refractivity contribution in [3.05, 3.63) is 243 Å². The summed E-state index contributed by atoms with van der Waals surface area (Å²) in [5.41, 5.74) is 17.3. The van der Waals surface area contributed by atoms with Crippen LogP contribution in [0.5, 0.6) is 0 Å². The molecule has 0 aliphatic rings. The van der Waals surface area contributed by atoms with Crippen LogP contribution in [0.4, 0.5) is 0 Å². The number of hydrogen-bond acceptors (Lipinski definition) is 8. The first-order valence-corrected chi connectivity index (χ1v) is 35.9. The largest absolute Gasteiger partial charge is 0.305 e. The lowest BCUT2D eigenvalue weighted by atomic mass is 10.0. The lowest BCUT2D eigenvalue weighted by molar-refractivity contribution is 1.33. The first-order valence-electron chi connectivity index (χ1n) is 29.3. The van der Waals surface area contributed by atoms with E-state index in [-0.39, 0.29) is 0 Å². The average molecular weight is 1260 g/mol. The third-order valence-corrected chi connectivity index (χ3v) is 27.7. The molecule has 410 valence electrons. The lowest BCUT2D eigenvalue weighted by Gasteiger charge is -2.21. The number of benzene rings is 13. The highest BCUT2D eigenvalue weighted by molar-refractivity contribution is 7.36. The quantitative estimate of drug-likeness (QED) is 0.123. The second-order valence-corrected chi connectivity index (χ2v) is 31.6. The minimum absolute atomic E-state index is 1.22.